The molecule has 0 rings (SSSR count). The summed E-state index contributed by atoms with van der Waals surface area (Å²) in [6.07, 6.45) is 16.6. The number of unbranched alkanes of at least 4 members (excludes halogenated alkanes) is 7. The van der Waals surface area contributed by atoms with Gasteiger partial charge in [0.15, 0.2) is 0 Å². The van der Waals surface area contributed by atoms with Crippen LogP contribution in [0, 0.1) is 66.6 Å². The van der Waals surface area contributed by atoms with Crippen LogP contribution < -0.4 is 0 Å². The Bertz CT molecular complexity index is 590. The van der Waals surface area contributed by atoms with Crippen molar-refractivity contribution in [2.75, 3.05) is 34.5 Å². The Kier molecular flexibility index (Phi) is 122. The van der Waals surface area contributed by atoms with Crippen molar-refractivity contribution in [3.63, 3.8) is 0 Å². The fraction of sp³-hybridized carbons (Fsp3) is 1.00. The van der Waals surface area contributed by atoms with E-state index in [4.69, 9.17) is 60.7 Å². The van der Waals surface area contributed by atoms with E-state index in [1.807, 2.05) is 0 Å². The number of hydrogen-bond donors (Lipinski definition) is 1. The van der Waals surface area contributed by atoms with Crippen LogP contribution >= 0.6 is 0 Å². The van der Waals surface area contributed by atoms with Crippen LogP contribution in [0.15, 0.2) is 32.0 Å². The first-order chi connectivity index (χ1) is 24.8. The van der Waals surface area contributed by atoms with E-state index in [9.17, 15) is 5.11 Å². The SMILES string of the molecule is CCCCCCC(CCCC)[C](O)([SbH2])CCCCCC.CC[S+](CC)CC.CC[S+](CC)CC.O=N[O-].O=N[O-].O=N[O-].O=N[O-].O=N[O-].O=N[O-].[SrH2]. The van der Waals surface area contributed by atoms with E-state index in [0.717, 1.165) is 83.3 Å². The van der Waals surface area contributed by atoms with Crippen LogP contribution in [-0.2, 0) is 21.8 Å². The Morgan fingerprint density at radius 3 is 0.906 bits per heavy atom. The van der Waals surface area contributed by atoms with Crippen LogP contribution in [0.5, 0.6) is 0 Å². The number of hydrogen-bond acceptors (Lipinski definition) is 19. The van der Waals surface area contributed by atoms with Crippen LogP contribution in [-0.4, -0.2) is 112 Å². The molecule has 23 heteroatoms. The molecular formula is C30H71N6O13S2SbSr-4. The molecule has 0 aromatic heterocycles. The van der Waals surface area contributed by atoms with Gasteiger partial charge in [0.1, 0.15) is 34.5 Å². The first-order valence-electron chi connectivity index (χ1n) is 17.3. The van der Waals surface area contributed by atoms with Gasteiger partial charge in [0, 0.05) is 0 Å². The van der Waals surface area contributed by atoms with Gasteiger partial charge in [0.25, 0.3) is 0 Å². The second-order valence-electron chi connectivity index (χ2n) is 9.89. The molecule has 53 heavy (non-hydrogen) atoms. The van der Waals surface area contributed by atoms with Crippen molar-refractivity contribution in [1.82, 2.24) is 0 Å². The van der Waals surface area contributed by atoms with Gasteiger partial charge in [0.05, 0.1) is 0 Å². The maximum absolute atomic E-state index is 10.9. The van der Waals surface area contributed by atoms with Gasteiger partial charge in [0.2, 0.25) is 0 Å². The Morgan fingerprint density at radius 1 is 0.472 bits per heavy atom. The molecule has 0 aromatic carbocycles. The monoisotopic (exact) mass is 996 g/mol. The molecule has 322 valence electrons. The third-order valence-corrected chi connectivity index (χ3v) is 14.0. The average Bonchev–Trinajstić information content (AvgIpc) is 3.11. The van der Waals surface area contributed by atoms with Gasteiger partial charge in [-0.3, -0.25) is 0 Å². The molecule has 1 N–H and O–H groups in total. The molecule has 0 aliphatic rings. The van der Waals surface area contributed by atoms with Crippen molar-refractivity contribution < 1.29 is 5.11 Å². The summed E-state index contributed by atoms with van der Waals surface area (Å²) >= 11 is 1.02. The third kappa shape index (κ3) is 106. The molecule has 0 aromatic rings. The Morgan fingerprint density at radius 2 is 0.698 bits per heavy atom. The Balaban J connectivity index is -0.0000000579. The standard InChI is InChI=1S/C18H37O.2C6H15S.6HNO2.Sb.Sr.4H/c1-4-7-10-12-15-17(14-9-6-3)18(19)16-13-11-8-5-2;2*1-4-7(5-2)6-3;6*2-1-3;;;;;;/h17,19H,4-16H2,1-3H3;2*4-6H2,1-3H3;6*(H,2,3);;;;;;/q;2*+1;;;;;;;;;;;;/p-6. The molecule has 0 aliphatic heterocycles. The van der Waals surface area contributed by atoms with Gasteiger partial charge in [-0.25, -0.2) is 0 Å². The van der Waals surface area contributed by atoms with Gasteiger partial charge in [-0.2, -0.15) is 0 Å². The van der Waals surface area contributed by atoms with E-state index in [-0.39, 0.29) is 49.0 Å². The van der Waals surface area contributed by atoms with Crippen molar-refractivity contribution in [2.45, 2.75) is 149 Å². The quantitative estimate of drug-likeness (QED) is 0.0391. The minimum atomic E-state index is -0.305. The number of aliphatic hydroxyl groups is 1. The molecule has 0 saturated heterocycles. The van der Waals surface area contributed by atoms with Crippen LogP contribution in [0.1, 0.15) is 146 Å². The predicted molar refractivity (Wildman–Crippen MR) is 236 cm³/mol. The van der Waals surface area contributed by atoms with Crippen LogP contribution in [0.3, 0.4) is 0 Å². The van der Waals surface area contributed by atoms with E-state index in [0.29, 0.717) is 5.92 Å². The molecule has 0 fully saturated rings. The van der Waals surface area contributed by atoms with Crippen molar-refractivity contribution in [3.8, 4) is 0 Å². The fourth-order valence-corrected chi connectivity index (χ4v) is 8.16. The summed E-state index contributed by atoms with van der Waals surface area (Å²) in [5.41, 5.74) is 0. The predicted octanol–water partition coefficient (Wildman–Crippen LogP) is 8.97. The van der Waals surface area contributed by atoms with Crippen molar-refractivity contribution >= 4 is 90.3 Å². The molecule has 2 atom stereocenters. The van der Waals surface area contributed by atoms with Gasteiger partial charge < -0.3 is 60.7 Å². The topological polar surface area (TPSA) is 335 Å². The molecule has 0 saturated carbocycles. The first-order valence-corrected chi connectivity index (χ1v) is 22.4. The Labute approximate surface area is 374 Å². The van der Waals surface area contributed by atoms with E-state index >= 15 is 0 Å². The summed E-state index contributed by atoms with van der Waals surface area (Å²) in [5.74, 6) is 8.86. The Hall–Kier alpha value is -0.641. The van der Waals surface area contributed by atoms with Crippen LogP contribution in [0.2, 0.25) is 0 Å². The first kappa shape index (κ1) is 77.0. The van der Waals surface area contributed by atoms with Gasteiger partial charge >= 0.3 is 187 Å². The summed E-state index contributed by atoms with van der Waals surface area (Å²) in [7, 11) is 1.51. The van der Waals surface area contributed by atoms with E-state index < -0.39 is 0 Å². The van der Waals surface area contributed by atoms with Crippen molar-refractivity contribution in [3.05, 3.63) is 60.7 Å². The average molecular weight is 997 g/mol. The second-order valence-corrected chi connectivity index (χ2v) is 18.7. The van der Waals surface area contributed by atoms with Gasteiger partial charge in [-0.15, -0.1) is 32.0 Å². The van der Waals surface area contributed by atoms with Crippen LogP contribution in [0.25, 0.3) is 0 Å². The zero-order valence-corrected chi connectivity index (χ0v) is 37.9. The summed E-state index contributed by atoms with van der Waals surface area (Å²) in [5, 5.41) is 64.9. The molecular weight excluding hydrogens is 926 g/mol. The molecule has 0 bridgehead atoms. The summed E-state index contributed by atoms with van der Waals surface area (Å²) in [4.78, 5) is 48.0. The summed E-state index contributed by atoms with van der Waals surface area (Å²) in [6, 6.07) is 0. The zero-order valence-electron chi connectivity index (χ0n) is 32.9. The molecule has 0 heterocycles. The molecule has 2 unspecified atom stereocenters. The normalized spacial score (nSPS) is 10.1. The van der Waals surface area contributed by atoms with Gasteiger partial charge in [-0.05, 0) is 63.3 Å². The van der Waals surface area contributed by atoms with Crippen molar-refractivity contribution in [1.29, 1.82) is 0 Å². The molecule has 0 amide bonds. The van der Waals surface area contributed by atoms with E-state index in [1.165, 1.54) is 112 Å². The summed E-state index contributed by atoms with van der Waals surface area (Å²) < 4.78 is -0.305. The van der Waals surface area contributed by atoms with Crippen LogP contribution in [0.4, 0.5) is 0 Å². The second kappa shape index (κ2) is 84.1. The number of nitrogens with zero attached hydrogens (tertiary/aromatic N) is 6. The minimum absolute atomic E-state index is 0. The molecule has 0 radical (unpaired) electrons. The third-order valence-electron chi connectivity index (χ3n) is 6.90. The number of rotatable bonds is 20. The van der Waals surface area contributed by atoms with Crippen molar-refractivity contribution in [2.24, 2.45) is 38.0 Å². The summed E-state index contributed by atoms with van der Waals surface area (Å²) in [6.45, 7) is 20.4. The maximum atomic E-state index is 10.9. The molecule has 0 aliphatic carbocycles. The zero-order chi connectivity index (χ0) is 42.9. The van der Waals surface area contributed by atoms with E-state index in [1.54, 1.807) is 0 Å². The molecule has 0 spiro atoms. The molecule has 19 nitrogen and oxygen atoms in total. The van der Waals surface area contributed by atoms with E-state index in [2.05, 4.69) is 62.3 Å². The van der Waals surface area contributed by atoms with Gasteiger partial charge in [-0.1, -0.05) is 0 Å². The fourth-order valence-electron chi connectivity index (χ4n) is 4.18.